The molecule has 1 rings (SSSR count). The summed E-state index contributed by atoms with van der Waals surface area (Å²) in [6.45, 7) is 0.0118. The normalized spacial score (nSPS) is 11.1. The van der Waals surface area contributed by atoms with E-state index >= 15 is 0 Å². The van der Waals surface area contributed by atoms with Crippen molar-refractivity contribution < 1.29 is 8.42 Å². The Balaban J connectivity index is 2.89. The highest BCUT2D eigenvalue weighted by Gasteiger charge is 2.14. The zero-order valence-corrected chi connectivity index (χ0v) is 9.67. The highest BCUT2D eigenvalue weighted by molar-refractivity contribution is 9.11. The van der Waals surface area contributed by atoms with Crippen LogP contribution in [-0.2, 0) is 10.0 Å². The average molecular weight is 280 g/mol. The summed E-state index contributed by atoms with van der Waals surface area (Å²) in [5, 5.41) is 0. The summed E-state index contributed by atoms with van der Waals surface area (Å²) in [4.78, 5) is 0. The lowest BCUT2D eigenvalue weighted by Gasteiger charge is -1.98. The van der Waals surface area contributed by atoms with E-state index in [1.165, 1.54) is 6.07 Å². The van der Waals surface area contributed by atoms with Crippen LogP contribution in [-0.4, -0.2) is 15.0 Å². The van der Waals surface area contributed by atoms with Crippen LogP contribution in [0.3, 0.4) is 0 Å². The van der Waals surface area contributed by atoms with Crippen molar-refractivity contribution in [1.29, 1.82) is 0 Å². The van der Waals surface area contributed by atoms with Crippen LogP contribution in [0, 0.1) is 12.3 Å². The molecule has 0 aliphatic carbocycles. The molecule has 0 radical (unpaired) electrons. The molecule has 1 aromatic heterocycles. The molecule has 1 N–H and O–H groups in total. The van der Waals surface area contributed by atoms with E-state index in [0.29, 0.717) is 0 Å². The van der Waals surface area contributed by atoms with E-state index in [1.807, 2.05) is 0 Å². The third-order valence-corrected chi connectivity index (χ3v) is 4.69. The number of hydrogen-bond acceptors (Lipinski definition) is 3. The molecule has 0 fully saturated rings. The van der Waals surface area contributed by atoms with Crippen LogP contribution in [0.5, 0.6) is 0 Å². The van der Waals surface area contributed by atoms with Gasteiger partial charge in [0.1, 0.15) is 4.21 Å². The van der Waals surface area contributed by atoms with E-state index in [0.717, 1.165) is 15.1 Å². The van der Waals surface area contributed by atoms with Gasteiger partial charge in [-0.05, 0) is 28.1 Å². The average Bonchev–Trinajstić information content (AvgIpc) is 2.49. The van der Waals surface area contributed by atoms with Gasteiger partial charge in [0, 0.05) is 0 Å². The Labute approximate surface area is 89.3 Å². The summed E-state index contributed by atoms with van der Waals surface area (Å²) in [5.41, 5.74) is 0. The van der Waals surface area contributed by atoms with Crippen molar-refractivity contribution >= 4 is 37.3 Å². The Morgan fingerprint density at radius 2 is 2.31 bits per heavy atom. The lowest BCUT2D eigenvalue weighted by molar-refractivity contribution is 0.588. The summed E-state index contributed by atoms with van der Waals surface area (Å²) in [5.74, 6) is 2.20. The molecule has 0 unspecified atom stereocenters. The second-order valence-electron chi connectivity index (χ2n) is 2.09. The van der Waals surface area contributed by atoms with Gasteiger partial charge in [0.05, 0.1) is 10.3 Å². The lowest BCUT2D eigenvalue weighted by atomic mass is 10.7. The number of hydrogen-bond donors (Lipinski definition) is 1. The van der Waals surface area contributed by atoms with Crippen LogP contribution in [0.15, 0.2) is 20.1 Å². The molecule has 13 heavy (non-hydrogen) atoms. The molecule has 0 spiro atoms. The molecule has 3 nitrogen and oxygen atoms in total. The molecule has 0 saturated carbocycles. The first-order valence-electron chi connectivity index (χ1n) is 3.25. The van der Waals surface area contributed by atoms with Crippen LogP contribution in [0.2, 0.25) is 0 Å². The van der Waals surface area contributed by atoms with Crippen molar-refractivity contribution in [2.75, 3.05) is 6.54 Å². The van der Waals surface area contributed by atoms with Crippen molar-refractivity contribution in [3.8, 4) is 12.3 Å². The summed E-state index contributed by atoms with van der Waals surface area (Å²) in [6.07, 6.45) is 4.94. The molecule has 0 amide bonds. The molecule has 6 heteroatoms. The van der Waals surface area contributed by atoms with E-state index in [-0.39, 0.29) is 10.8 Å². The highest BCUT2D eigenvalue weighted by Crippen LogP contribution is 2.25. The largest absolute Gasteiger partial charge is 0.250 e. The predicted molar refractivity (Wildman–Crippen MR) is 56.0 cm³/mol. The SMILES string of the molecule is C#CCNS(=O)(=O)c1ccc(Br)s1. The van der Waals surface area contributed by atoms with Gasteiger partial charge in [-0.15, -0.1) is 17.8 Å². The van der Waals surface area contributed by atoms with E-state index in [2.05, 4.69) is 26.6 Å². The van der Waals surface area contributed by atoms with E-state index in [4.69, 9.17) is 6.42 Å². The summed E-state index contributed by atoms with van der Waals surface area (Å²) in [6, 6.07) is 3.20. The number of halogens is 1. The van der Waals surface area contributed by atoms with Gasteiger partial charge in [-0.25, -0.2) is 8.42 Å². The van der Waals surface area contributed by atoms with Gasteiger partial charge in [-0.3, -0.25) is 0 Å². The first-order chi connectivity index (χ1) is 6.06. The zero-order valence-electron chi connectivity index (χ0n) is 6.45. The van der Waals surface area contributed by atoms with Crippen LogP contribution in [0.1, 0.15) is 0 Å². The molecule has 0 aliphatic rings. The van der Waals surface area contributed by atoms with Gasteiger partial charge in [-0.1, -0.05) is 5.92 Å². The fourth-order valence-corrected chi connectivity index (χ4v) is 3.64. The topological polar surface area (TPSA) is 46.2 Å². The number of rotatable bonds is 3. The predicted octanol–water partition coefficient (Wildman–Crippen LogP) is 1.42. The van der Waals surface area contributed by atoms with Crippen LogP contribution < -0.4 is 4.72 Å². The van der Waals surface area contributed by atoms with Crippen molar-refractivity contribution in [1.82, 2.24) is 4.72 Å². The van der Waals surface area contributed by atoms with Gasteiger partial charge in [0.15, 0.2) is 0 Å². The Bertz CT molecular complexity index is 430. The molecular formula is C7H6BrNO2S2. The van der Waals surface area contributed by atoms with Crippen LogP contribution in [0.4, 0.5) is 0 Å². The monoisotopic (exact) mass is 279 g/mol. The molecular weight excluding hydrogens is 274 g/mol. The first kappa shape index (κ1) is 10.7. The minimum absolute atomic E-state index is 0.0118. The Morgan fingerprint density at radius 1 is 1.62 bits per heavy atom. The number of terminal acetylenes is 1. The Hall–Kier alpha value is -0.350. The standard InChI is InChI=1S/C7H6BrNO2S2/c1-2-5-9-13(10,11)7-4-3-6(8)12-7/h1,3-4,9H,5H2. The number of thiophene rings is 1. The fourth-order valence-electron chi connectivity index (χ4n) is 0.650. The van der Waals surface area contributed by atoms with Gasteiger partial charge < -0.3 is 0 Å². The molecule has 0 aromatic carbocycles. The third kappa shape index (κ3) is 2.81. The lowest BCUT2D eigenvalue weighted by Crippen LogP contribution is -2.22. The fraction of sp³-hybridized carbons (Fsp3) is 0.143. The second kappa shape index (κ2) is 4.24. The Kier molecular flexibility index (Phi) is 3.50. The minimum atomic E-state index is -3.41. The molecule has 0 aliphatic heterocycles. The maximum atomic E-state index is 11.4. The second-order valence-corrected chi connectivity index (χ2v) is 6.54. The smallest absolute Gasteiger partial charge is 0.206 e. The highest BCUT2D eigenvalue weighted by atomic mass is 79.9. The summed E-state index contributed by atoms with van der Waals surface area (Å²) < 4.78 is 26.1. The van der Waals surface area contributed by atoms with Crippen molar-refractivity contribution in [3.05, 3.63) is 15.9 Å². The Morgan fingerprint density at radius 3 is 2.77 bits per heavy atom. The zero-order chi connectivity index (χ0) is 9.90. The minimum Gasteiger partial charge on any atom is -0.206 e. The van der Waals surface area contributed by atoms with E-state index in [9.17, 15) is 8.42 Å². The number of sulfonamides is 1. The van der Waals surface area contributed by atoms with Gasteiger partial charge >= 0.3 is 0 Å². The van der Waals surface area contributed by atoms with Crippen LogP contribution >= 0.6 is 27.3 Å². The van der Waals surface area contributed by atoms with E-state index in [1.54, 1.807) is 6.07 Å². The van der Waals surface area contributed by atoms with Gasteiger partial charge in [0.25, 0.3) is 10.0 Å². The molecule has 0 bridgehead atoms. The summed E-state index contributed by atoms with van der Waals surface area (Å²) in [7, 11) is -3.41. The maximum absolute atomic E-state index is 11.4. The van der Waals surface area contributed by atoms with Gasteiger partial charge in [-0.2, -0.15) is 4.72 Å². The molecule has 1 aromatic rings. The molecule has 0 saturated heterocycles. The quantitative estimate of drug-likeness (QED) is 0.851. The van der Waals surface area contributed by atoms with Crippen molar-refractivity contribution in [2.45, 2.75) is 4.21 Å². The number of nitrogens with one attached hydrogen (secondary N) is 1. The maximum Gasteiger partial charge on any atom is 0.250 e. The van der Waals surface area contributed by atoms with E-state index < -0.39 is 10.0 Å². The molecule has 0 atom stereocenters. The van der Waals surface area contributed by atoms with Crippen molar-refractivity contribution in [2.24, 2.45) is 0 Å². The first-order valence-corrected chi connectivity index (χ1v) is 6.34. The van der Waals surface area contributed by atoms with Crippen LogP contribution in [0.25, 0.3) is 0 Å². The molecule has 1 heterocycles. The van der Waals surface area contributed by atoms with Crippen molar-refractivity contribution in [3.63, 3.8) is 0 Å². The van der Waals surface area contributed by atoms with Gasteiger partial charge in [0.2, 0.25) is 0 Å². The third-order valence-electron chi connectivity index (χ3n) is 1.18. The summed E-state index contributed by atoms with van der Waals surface area (Å²) >= 11 is 4.32. The molecule has 70 valence electrons.